The maximum absolute atomic E-state index is 12.6. The lowest BCUT2D eigenvalue weighted by atomic mass is 9.94. The Morgan fingerprint density at radius 3 is 2.81 bits per heavy atom. The van der Waals surface area contributed by atoms with Gasteiger partial charge in [0, 0.05) is 36.8 Å². The maximum atomic E-state index is 12.6. The molecule has 1 aliphatic heterocycles. The fourth-order valence-corrected chi connectivity index (χ4v) is 3.61. The minimum absolute atomic E-state index is 0.0166. The number of likely N-dealkylation sites (tertiary alicyclic amines) is 1. The molecule has 1 aliphatic rings. The highest BCUT2D eigenvalue weighted by molar-refractivity contribution is 6.30. The summed E-state index contributed by atoms with van der Waals surface area (Å²) in [5, 5.41) is 12.1. The lowest BCUT2D eigenvalue weighted by molar-refractivity contribution is 0.0759. The number of para-hydroxylation sites is 1. The van der Waals surface area contributed by atoms with Gasteiger partial charge in [0.1, 0.15) is 5.69 Å². The molecular weight excluding hydrogens is 350 g/mol. The van der Waals surface area contributed by atoms with E-state index in [-0.39, 0.29) is 11.8 Å². The third-order valence-corrected chi connectivity index (χ3v) is 5.09. The molecule has 0 saturated carbocycles. The number of hydrogen-bond acceptors (Lipinski definition) is 4. The zero-order valence-corrected chi connectivity index (χ0v) is 14.8. The molecule has 0 radical (unpaired) electrons. The number of rotatable bonds is 3. The van der Waals surface area contributed by atoms with Gasteiger partial charge in [0.2, 0.25) is 0 Å². The fourth-order valence-electron chi connectivity index (χ4n) is 3.50. The predicted molar refractivity (Wildman–Crippen MR) is 100 cm³/mol. The van der Waals surface area contributed by atoms with E-state index in [2.05, 4.69) is 9.97 Å². The van der Waals surface area contributed by atoms with Gasteiger partial charge in [0.15, 0.2) is 0 Å². The Balaban J connectivity index is 1.52. The monoisotopic (exact) mass is 367 g/mol. The summed E-state index contributed by atoms with van der Waals surface area (Å²) in [6.07, 6.45) is 3.39. The maximum Gasteiger partial charge on any atom is 0.272 e. The van der Waals surface area contributed by atoms with Crippen LogP contribution >= 0.6 is 11.6 Å². The first-order valence-electron chi connectivity index (χ1n) is 8.53. The molecule has 3 heterocycles. The van der Waals surface area contributed by atoms with Gasteiger partial charge in [-0.25, -0.2) is 4.98 Å². The quantitative estimate of drug-likeness (QED) is 0.773. The summed E-state index contributed by atoms with van der Waals surface area (Å²) in [7, 11) is 0. The highest BCUT2D eigenvalue weighted by Crippen LogP contribution is 2.26. The number of hydrogen-bond donors (Lipinski definition) is 1. The number of amides is 1. The smallest absolute Gasteiger partial charge is 0.272 e. The van der Waals surface area contributed by atoms with Crippen LogP contribution in [0.15, 0.2) is 54.9 Å². The van der Waals surface area contributed by atoms with Crippen molar-refractivity contribution in [3.05, 3.63) is 71.1 Å². The third-order valence-electron chi connectivity index (χ3n) is 4.86. The molecule has 0 bridgehead atoms. The first-order valence-corrected chi connectivity index (χ1v) is 8.91. The van der Waals surface area contributed by atoms with E-state index in [0.29, 0.717) is 30.2 Å². The van der Waals surface area contributed by atoms with Gasteiger partial charge < -0.3 is 10.0 Å². The molecule has 0 aliphatic carbocycles. The van der Waals surface area contributed by atoms with Crippen molar-refractivity contribution in [2.24, 2.45) is 5.92 Å². The van der Waals surface area contributed by atoms with Crippen molar-refractivity contribution in [3.8, 4) is 0 Å². The predicted octanol–water partition coefficient (Wildman–Crippen LogP) is 2.96. The number of β-amino-alcohol motifs (C(OH)–C–C–N with tert-alkyl or cyclic N) is 1. The van der Waals surface area contributed by atoms with Crippen molar-refractivity contribution in [1.29, 1.82) is 0 Å². The van der Waals surface area contributed by atoms with Crippen LogP contribution in [0.3, 0.4) is 0 Å². The molecule has 1 aromatic carbocycles. The molecule has 1 N–H and O–H groups in total. The molecule has 6 heteroatoms. The average molecular weight is 368 g/mol. The molecule has 26 heavy (non-hydrogen) atoms. The van der Waals surface area contributed by atoms with Gasteiger partial charge in [0.25, 0.3) is 5.91 Å². The van der Waals surface area contributed by atoms with Crippen molar-refractivity contribution in [3.63, 3.8) is 0 Å². The Hall–Kier alpha value is -2.50. The molecule has 132 valence electrons. The molecule has 2 atom stereocenters. The van der Waals surface area contributed by atoms with E-state index < -0.39 is 6.10 Å². The Bertz CT molecular complexity index is 940. The van der Waals surface area contributed by atoms with Crippen LogP contribution in [0.5, 0.6) is 0 Å². The third kappa shape index (κ3) is 3.28. The van der Waals surface area contributed by atoms with Crippen LogP contribution in [0.2, 0.25) is 5.02 Å². The van der Waals surface area contributed by atoms with Gasteiger partial charge in [0.05, 0.1) is 16.6 Å². The van der Waals surface area contributed by atoms with Crippen LogP contribution in [0, 0.1) is 5.92 Å². The van der Waals surface area contributed by atoms with Crippen LogP contribution in [0.1, 0.15) is 16.1 Å². The normalized spacial score (nSPS) is 19.8. The van der Waals surface area contributed by atoms with Gasteiger partial charge in [-0.05, 0) is 36.2 Å². The fraction of sp³-hybridized carbons (Fsp3) is 0.250. The van der Waals surface area contributed by atoms with Gasteiger partial charge >= 0.3 is 0 Å². The summed E-state index contributed by atoms with van der Waals surface area (Å²) < 4.78 is 0. The van der Waals surface area contributed by atoms with Crippen LogP contribution in [0.25, 0.3) is 10.9 Å². The van der Waals surface area contributed by atoms with Crippen molar-refractivity contribution in [2.45, 2.75) is 12.5 Å². The van der Waals surface area contributed by atoms with Gasteiger partial charge in [-0.2, -0.15) is 0 Å². The average Bonchev–Trinajstić information content (AvgIpc) is 3.03. The van der Waals surface area contributed by atoms with Gasteiger partial charge in [-0.15, -0.1) is 0 Å². The summed E-state index contributed by atoms with van der Waals surface area (Å²) in [6.45, 7) is 0.817. The summed E-state index contributed by atoms with van der Waals surface area (Å²) in [4.78, 5) is 22.7. The number of fused-ring (bicyclic) bond motifs is 1. The van der Waals surface area contributed by atoms with E-state index in [4.69, 9.17) is 11.6 Å². The van der Waals surface area contributed by atoms with Crippen LogP contribution in [0.4, 0.5) is 0 Å². The first-order chi connectivity index (χ1) is 12.6. The van der Waals surface area contributed by atoms with Crippen molar-refractivity contribution in [2.75, 3.05) is 13.1 Å². The largest absolute Gasteiger partial charge is 0.391 e. The minimum Gasteiger partial charge on any atom is -0.391 e. The Morgan fingerprint density at radius 2 is 2.00 bits per heavy atom. The topological polar surface area (TPSA) is 66.3 Å². The van der Waals surface area contributed by atoms with Crippen molar-refractivity contribution in [1.82, 2.24) is 14.9 Å². The van der Waals surface area contributed by atoms with Gasteiger partial charge in [-0.3, -0.25) is 9.78 Å². The minimum atomic E-state index is -0.557. The number of aromatic nitrogens is 2. The Morgan fingerprint density at radius 1 is 1.15 bits per heavy atom. The molecular formula is C20H18ClN3O2. The number of carbonyl (C=O) groups is 1. The van der Waals surface area contributed by atoms with Gasteiger partial charge in [-0.1, -0.05) is 29.8 Å². The molecule has 1 saturated heterocycles. The number of carbonyl (C=O) groups excluding carboxylic acids is 1. The van der Waals surface area contributed by atoms with Crippen LogP contribution < -0.4 is 0 Å². The summed E-state index contributed by atoms with van der Waals surface area (Å²) in [6, 6.07) is 13.2. The van der Waals surface area contributed by atoms with E-state index in [1.54, 1.807) is 23.2 Å². The van der Waals surface area contributed by atoms with E-state index >= 15 is 0 Å². The number of aliphatic hydroxyl groups is 1. The molecule has 5 nitrogen and oxygen atoms in total. The summed E-state index contributed by atoms with van der Waals surface area (Å²) >= 11 is 5.83. The van der Waals surface area contributed by atoms with Crippen molar-refractivity contribution >= 4 is 28.4 Å². The van der Waals surface area contributed by atoms with Crippen molar-refractivity contribution < 1.29 is 9.90 Å². The second-order valence-corrected chi connectivity index (χ2v) is 7.03. The number of halogens is 1. The lowest BCUT2D eigenvalue weighted by Crippen LogP contribution is -2.30. The standard InChI is InChI=1S/C20H18ClN3O2/c21-15-5-6-18(23-10-15)20(26)24-11-14(19(25)12-24)9-13-7-8-22-17-4-2-1-3-16(13)17/h1-8,10,14,19,25H,9,11-12H2/t14-,19+/m1/s1. The summed E-state index contributed by atoms with van der Waals surface area (Å²) in [5.74, 6) is -0.195. The molecule has 0 unspecified atom stereocenters. The number of pyridine rings is 2. The zero-order chi connectivity index (χ0) is 18.1. The van der Waals surface area contributed by atoms with E-state index in [1.165, 1.54) is 6.20 Å². The van der Waals surface area contributed by atoms with E-state index in [0.717, 1.165) is 16.5 Å². The van der Waals surface area contributed by atoms with Crippen LogP contribution in [-0.2, 0) is 6.42 Å². The number of aliphatic hydroxyl groups excluding tert-OH is 1. The lowest BCUT2D eigenvalue weighted by Gasteiger charge is -2.16. The number of nitrogens with zero attached hydrogens (tertiary/aromatic N) is 3. The highest BCUT2D eigenvalue weighted by atomic mass is 35.5. The molecule has 2 aromatic heterocycles. The van der Waals surface area contributed by atoms with Crippen LogP contribution in [-0.4, -0.2) is 45.1 Å². The molecule has 3 aromatic rings. The number of benzene rings is 1. The first kappa shape index (κ1) is 16.9. The second kappa shape index (κ2) is 7.02. The zero-order valence-electron chi connectivity index (χ0n) is 14.0. The highest BCUT2D eigenvalue weighted by Gasteiger charge is 2.35. The second-order valence-electron chi connectivity index (χ2n) is 6.59. The summed E-state index contributed by atoms with van der Waals surface area (Å²) in [5.41, 5.74) is 2.42. The Kier molecular flexibility index (Phi) is 4.57. The van der Waals surface area contributed by atoms with E-state index in [1.807, 2.05) is 30.3 Å². The van der Waals surface area contributed by atoms with E-state index in [9.17, 15) is 9.90 Å². The molecule has 4 rings (SSSR count). The molecule has 1 amide bonds. The SMILES string of the molecule is O=C(c1ccc(Cl)cn1)N1C[C@@H](Cc2ccnc3ccccc23)[C@@H](O)C1. The Labute approximate surface area is 156 Å². The molecule has 0 spiro atoms. The molecule has 1 fully saturated rings.